The number of rotatable bonds is 30. The van der Waals surface area contributed by atoms with Crippen molar-refractivity contribution in [2.75, 3.05) is 81.8 Å². The van der Waals surface area contributed by atoms with E-state index in [0.29, 0.717) is 147 Å². The minimum Gasteiger partial charge on any atom is -0.490 e. The molecule has 4 atom stereocenters. The third-order valence-electron chi connectivity index (χ3n) is 27.6. The molecule has 8 aromatic heterocycles. The summed E-state index contributed by atoms with van der Waals surface area (Å²) in [4.78, 5) is 93.8. The molecule has 4 aromatic carbocycles. The molecule has 0 radical (unpaired) electrons. The van der Waals surface area contributed by atoms with Crippen molar-refractivity contribution < 1.29 is 55.7 Å². The van der Waals surface area contributed by atoms with E-state index in [1.165, 1.54) is 30.7 Å². The minimum atomic E-state index is -0.789. The first-order valence-corrected chi connectivity index (χ1v) is 51.7. The first kappa shape index (κ1) is 110. The quantitative estimate of drug-likeness (QED) is 0.0194. The normalized spacial score (nSPS) is 15.7. The Hall–Kier alpha value is -11.6. The van der Waals surface area contributed by atoms with Crippen LogP contribution >= 0.6 is 46.4 Å². The molecule has 10 heterocycles. The number of carbonyl (C=O) groups excluding carboxylic acids is 4. The number of nitrogens with zero attached hydrogens (tertiary/aromatic N) is 14. The summed E-state index contributed by atoms with van der Waals surface area (Å²) in [5.41, 5.74) is 31.7. The number of imidazole rings is 4. The Bertz CT molecular complexity index is 6620. The van der Waals surface area contributed by atoms with E-state index in [1.807, 2.05) is 128 Å². The van der Waals surface area contributed by atoms with E-state index in [4.69, 9.17) is 108 Å². The van der Waals surface area contributed by atoms with Crippen LogP contribution in [0.4, 0.5) is 40.8 Å². The van der Waals surface area contributed by atoms with Crippen molar-refractivity contribution in [3.63, 3.8) is 0 Å². The topological polar surface area (TPSA) is 385 Å². The molecule has 0 bridgehead atoms. The number of likely N-dealkylation sites (tertiary alicyclic amines) is 2. The molecule has 38 heteroatoms. The maximum Gasteiger partial charge on any atom is 0.258 e. The van der Waals surface area contributed by atoms with Crippen LogP contribution in [0.3, 0.4) is 0 Å². The second-order valence-electron chi connectivity index (χ2n) is 39.7. The Balaban J connectivity index is 0.000000161. The second-order valence-corrected chi connectivity index (χ2v) is 41.3. The number of hydrogen-bond acceptors (Lipinski definition) is 22. The molecule has 16 rings (SSSR count). The maximum absolute atomic E-state index is 15.5. The number of ether oxygens (including phenoxy) is 4. The number of nitrogen functional groups attached to an aromatic ring is 4. The number of anilines is 4. The van der Waals surface area contributed by atoms with Gasteiger partial charge in [0.25, 0.3) is 23.6 Å². The number of nitrogens with two attached hydrogens (primary N) is 4. The van der Waals surface area contributed by atoms with Crippen LogP contribution in [0.25, 0.3) is 22.1 Å². The Labute approximate surface area is 859 Å². The molecule has 2 saturated carbocycles. The van der Waals surface area contributed by atoms with Gasteiger partial charge in [0.05, 0.1) is 67.3 Å². The van der Waals surface area contributed by atoms with Crippen LogP contribution in [0, 0.1) is 74.6 Å². The molecule has 776 valence electrons. The average molecular weight is 2070 g/mol. The van der Waals surface area contributed by atoms with Crippen LogP contribution < -0.4 is 63.1 Å². The number of fused-ring (bicyclic) bond motifs is 4. The average Bonchev–Trinajstić information content (AvgIpc) is 1.51. The van der Waals surface area contributed by atoms with E-state index in [0.717, 1.165) is 133 Å². The summed E-state index contributed by atoms with van der Waals surface area (Å²) >= 11 is 25.4. The van der Waals surface area contributed by atoms with Crippen LogP contribution in [0.2, 0.25) is 20.1 Å². The standard InChI is InChI=1S/C28H38ClFN6O2.C27H36ClFN6O2.C26H33ClFN5O2.C25H31ClFN5O2/c1-15(2)35-10-7-19(8-11-35)14-33-28(37)22-23(30)21(29)13-20(25(22)38-16(3)4)17(5)27-34-18(6)24-26(31)32-9-12-36(24)27;1-6-34-10-7-18(8-11-34)14-32-27(36)21-22(29)20(28)13-19(24(21)37-15(2)3)16(4)26-33-17(5)23-25(30)31-9-12-35(23)26;1-14(2)35-23-18(15(3)25-32-16(4)22-24(29)30-10-11-33(22)25)12-19(27)21(28)20(23)26(34)31-13-17-8-6-5-7-9-17;1-13(2)34-22-17(14(3)24-31-15(4)21-23(28)29-9-10-32(21)24)11-18(26)20(27)19(22)25(33)30-12-16-7-5-6-8-16/h9,12-13,15-17,19H,7-8,10-11,14H2,1-6H3,(H2,31,32)(H,33,37);9,12-13,15-16,18H,6-8,10-11,14H2,1-5H3,(H2,30,31)(H,32,36);10-12,14-15,17H,5-9,13H2,1-4H3,(H2,29,30)(H,31,34);9-11,13-14,16H,5-8,12H2,1-4H3,(H2,28,29)(H,30,33). The predicted octanol–water partition coefficient (Wildman–Crippen LogP) is 20.9. The molecule has 2 aliphatic heterocycles. The van der Waals surface area contributed by atoms with Gasteiger partial charge in [-0.2, -0.15) is 0 Å². The third kappa shape index (κ3) is 24.7. The SMILES string of the molecule is CCN1CCC(CNC(=O)c2c(F)c(Cl)cc(C(C)c3nc(C)c4c(N)nccn34)c2OC(C)C)CC1.Cc1nc(C(C)c2cc(Cl)c(F)c(C(=O)NCC3CCCC3)c2OC(C)C)n2ccnc(N)c12.Cc1nc(C(C)c2cc(Cl)c(F)c(C(=O)NCC3CCCCC3)c2OC(C)C)n2ccnc(N)c12.Cc1nc(C(C)c2cc(Cl)c(F)c(C(=O)NCC3CCN(C(C)C)CC3)c2OC(C)C)n2ccnc(N)c12. The molecule has 2 aliphatic carbocycles. The number of hydrogen-bond donors (Lipinski definition) is 8. The summed E-state index contributed by atoms with van der Waals surface area (Å²) in [6.07, 6.45) is 26.5. The number of carbonyl (C=O) groups is 4. The Kier molecular flexibility index (Phi) is 36.7. The summed E-state index contributed by atoms with van der Waals surface area (Å²) in [5.74, 6) is -0.426. The molecule has 144 heavy (non-hydrogen) atoms. The highest BCUT2D eigenvalue weighted by atomic mass is 35.5. The van der Waals surface area contributed by atoms with Gasteiger partial charge in [0, 0.05) is 128 Å². The Morgan fingerprint density at radius 2 is 0.583 bits per heavy atom. The van der Waals surface area contributed by atoms with Gasteiger partial charge in [-0.15, -0.1) is 0 Å². The van der Waals surface area contributed by atoms with Crippen molar-refractivity contribution in [3.8, 4) is 23.0 Å². The third-order valence-corrected chi connectivity index (χ3v) is 28.7. The van der Waals surface area contributed by atoms with Gasteiger partial charge >= 0.3 is 0 Å². The lowest BCUT2D eigenvalue weighted by molar-refractivity contribution is 0.0912. The summed E-state index contributed by atoms with van der Waals surface area (Å²) < 4.78 is 93.4. The number of halogens is 8. The molecule has 0 spiro atoms. The van der Waals surface area contributed by atoms with Crippen LogP contribution in [0.5, 0.6) is 23.0 Å². The Morgan fingerprint density at radius 3 is 0.806 bits per heavy atom. The van der Waals surface area contributed by atoms with Gasteiger partial charge in [-0.3, -0.25) is 36.8 Å². The van der Waals surface area contributed by atoms with E-state index < -0.39 is 52.8 Å². The number of benzene rings is 4. The number of amides is 4. The van der Waals surface area contributed by atoms with Crippen molar-refractivity contribution >= 4 is 115 Å². The van der Waals surface area contributed by atoms with Gasteiger partial charge in [0.1, 0.15) is 114 Å². The van der Waals surface area contributed by atoms with Gasteiger partial charge in [-0.05, 0) is 229 Å². The molecule has 4 aliphatic rings. The van der Waals surface area contributed by atoms with Crippen LogP contribution in [0.1, 0.15) is 321 Å². The molecule has 12 aromatic rings. The number of nitrogens with one attached hydrogen (secondary N) is 4. The van der Waals surface area contributed by atoms with E-state index in [-0.39, 0.29) is 108 Å². The van der Waals surface area contributed by atoms with E-state index in [9.17, 15) is 19.2 Å². The zero-order valence-electron chi connectivity index (χ0n) is 85.9. The summed E-state index contributed by atoms with van der Waals surface area (Å²) in [6, 6.07) is 6.60. The molecule has 12 N–H and O–H groups in total. The fourth-order valence-electron chi connectivity index (χ4n) is 20.0. The van der Waals surface area contributed by atoms with Gasteiger partial charge < -0.3 is 72.9 Å². The van der Waals surface area contributed by atoms with Gasteiger partial charge in [-0.1, -0.05) is 113 Å². The fourth-order valence-corrected chi connectivity index (χ4v) is 20.9. The zero-order chi connectivity index (χ0) is 104. The number of aryl methyl sites for hydroxylation is 4. The van der Waals surface area contributed by atoms with Crippen LogP contribution in [0.15, 0.2) is 73.8 Å². The molecular weight excluding hydrogens is 1930 g/mol. The van der Waals surface area contributed by atoms with E-state index >= 15 is 17.6 Å². The van der Waals surface area contributed by atoms with Gasteiger partial charge in [0.2, 0.25) is 0 Å². The Morgan fingerprint density at radius 1 is 0.361 bits per heavy atom. The van der Waals surface area contributed by atoms with Crippen LogP contribution in [-0.4, -0.2) is 180 Å². The molecule has 4 unspecified atom stereocenters. The zero-order valence-corrected chi connectivity index (χ0v) is 88.9. The first-order chi connectivity index (χ1) is 68.5. The highest BCUT2D eigenvalue weighted by molar-refractivity contribution is 6.32. The smallest absolute Gasteiger partial charge is 0.258 e. The van der Waals surface area contributed by atoms with Gasteiger partial charge in [0.15, 0.2) is 23.3 Å². The van der Waals surface area contributed by atoms with Gasteiger partial charge in [-0.25, -0.2) is 57.4 Å². The van der Waals surface area contributed by atoms with E-state index in [2.05, 4.69) is 71.8 Å². The predicted molar refractivity (Wildman–Crippen MR) is 559 cm³/mol. The summed E-state index contributed by atoms with van der Waals surface area (Å²) in [6.45, 7) is 43.3. The molecule has 30 nitrogen and oxygen atoms in total. The molecular formula is C106H138Cl4F4N22O8. The lowest BCUT2D eigenvalue weighted by atomic mass is 9.89. The van der Waals surface area contributed by atoms with Crippen molar-refractivity contribution in [2.45, 2.75) is 269 Å². The summed E-state index contributed by atoms with van der Waals surface area (Å²) in [7, 11) is 0. The fraction of sp³-hybridized carbons (Fsp3) is 0.509. The minimum absolute atomic E-state index is 0.135. The molecule has 4 fully saturated rings. The number of aromatic nitrogens is 12. The monoisotopic (exact) mass is 2060 g/mol. The lowest BCUT2D eigenvalue weighted by Crippen LogP contribution is -2.41. The largest absolute Gasteiger partial charge is 0.490 e. The van der Waals surface area contributed by atoms with Crippen molar-refractivity contribution in [1.82, 2.24) is 88.5 Å². The molecule has 4 amide bonds. The van der Waals surface area contributed by atoms with E-state index in [1.54, 1.807) is 49.6 Å². The van der Waals surface area contributed by atoms with Crippen molar-refractivity contribution in [2.24, 2.45) is 23.7 Å². The first-order valence-electron chi connectivity index (χ1n) is 50.2. The van der Waals surface area contributed by atoms with Crippen molar-refractivity contribution in [1.29, 1.82) is 0 Å². The lowest BCUT2D eigenvalue weighted by Gasteiger charge is -2.34. The van der Waals surface area contributed by atoms with Crippen molar-refractivity contribution in [3.05, 3.63) is 208 Å². The highest BCUT2D eigenvalue weighted by Gasteiger charge is 2.38. The maximum atomic E-state index is 15.5. The summed E-state index contributed by atoms with van der Waals surface area (Å²) in [5, 5.41) is 11.2. The second kappa shape index (κ2) is 48.2. The van der Waals surface area contributed by atoms with Crippen LogP contribution in [-0.2, 0) is 0 Å². The molecule has 2 saturated heterocycles. The number of piperidine rings is 2. The highest BCUT2D eigenvalue weighted by Crippen LogP contribution is 2.47.